The number of piperazine rings is 1. The van der Waals surface area contributed by atoms with Crippen molar-refractivity contribution in [2.75, 3.05) is 38.9 Å². The van der Waals surface area contributed by atoms with Crippen LogP contribution in [0.2, 0.25) is 0 Å². The maximum atomic E-state index is 13.5. The number of carbonyl (C=O) groups excluding carboxylic acids is 3. The fraction of sp³-hybridized carbons (Fsp3) is 0.286. The molecule has 2 heterocycles. The maximum Gasteiger partial charge on any atom is 0.417 e. The number of rotatable bonds is 9. The van der Waals surface area contributed by atoms with E-state index in [1.807, 2.05) is 66.7 Å². The van der Waals surface area contributed by atoms with Gasteiger partial charge in [-0.3, -0.25) is 9.36 Å². The molecule has 2 atom stereocenters. The Balaban J connectivity index is 1.63. The van der Waals surface area contributed by atoms with Gasteiger partial charge in [-0.2, -0.15) is 0 Å². The minimum atomic E-state index is -4.31. The molecule has 0 spiro atoms. The molecule has 4 rings (SSSR count). The minimum Gasteiger partial charge on any atom is -0.375 e. The van der Waals surface area contributed by atoms with Gasteiger partial charge in [-0.25, -0.2) is 14.6 Å². The zero-order valence-electron chi connectivity index (χ0n) is 22.0. The van der Waals surface area contributed by atoms with Gasteiger partial charge >= 0.3 is 19.7 Å². The predicted octanol–water partition coefficient (Wildman–Crippen LogP) is 3.30. The van der Waals surface area contributed by atoms with E-state index in [2.05, 4.69) is 15.6 Å². The second kappa shape index (κ2) is 13.5. The van der Waals surface area contributed by atoms with Crippen LogP contribution in [0.15, 0.2) is 72.8 Å². The molecule has 3 N–H and O–H groups in total. The molecule has 1 aromatic heterocycles. The molecule has 11 nitrogen and oxygen atoms in total. The molecule has 1 aliphatic rings. The molecule has 210 valence electrons. The Morgan fingerprint density at radius 1 is 1.00 bits per heavy atom. The summed E-state index contributed by atoms with van der Waals surface area (Å²) in [6.45, 7) is 3.16. The van der Waals surface area contributed by atoms with E-state index in [-0.39, 0.29) is 12.3 Å². The molecule has 2 amide bonds. The van der Waals surface area contributed by atoms with Gasteiger partial charge in [0.2, 0.25) is 0 Å². The molecule has 1 fully saturated rings. The van der Waals surface area contributed by atoms with E-state index in [4.69, 9.17) is 9.26 Å². The van der Waals surface area contributed by atoms with Crippen LogP contribution >= 0.6 is 7.60 Å². The van der Waals surface area contributed by atoms with Crippen molar-refractivity contribution in [3.8, 4) is 22.4 Å². The third-order valence-corrected chi connectivity index (χ3v) is 7.62. The van der Waals surface area contributed by atoms with Gasteiger partial charge in [0.05, 0.1) is 18.5 Å². The quantitative estimate of drug-likeness (QED) is 0.202. The number of amides is 2. The fourth-order valence-electron chi connectivity index (χ4n) is 4.17. The molecule has 0 radical (unpaired) electrons. The molecular formula is C28H31N4O7P. The second-order valence-corrected chi connectivity index (χ2v) is 10.9. The van der Waals surface area contributed by atoms with Crippen LogP contribution in [0.3, 0.4) is 0 Å². The number of aromatic nitrogens is 1. The zero-order chi connectivity index (χ0) is 28.5. The van der Waals surface area contributed by atoms with Gasteiger partial charge in [-0.15, -0.1) is 0 Å². The molecule has 40 heavy (non-hydrogen) atoms. The lowest BCUT2D eigenvalue weighted by Gasteiger charge is -2.27. The van der Waals surface area contributed by atoms with Crippen molar-refractivity contribution in [3.05, 3.63) is 78.5 Å². The van der Waals surface area contributed by atoms with Gasteiger partial charge < -0.3 is 29.7 Å². The van der Waals surface area contributed by atoms with E-state index in [1.165, 1.54) is 11.8 Å². The van der Waals surface area contributed by atoms with Crippen LogP contribution in [-0.4, -0.2) is 77.7 Å². The smallest absolute Gasteiger partial charge is 0.375 e. The van der Waals surface area contributed by atoms with Crippen LogP contribution in [0.4, 0.5) is 4.79 Å². The third kappa shape index (κ3) is 7.83. The van der Waals surface area contributed by atoms with Crippen molar-refractivity contribution >= 4 is 25.6 Å². The van der Waals surface area contributed by atoms with Crippen LogP contribution in [0, 0.1) is 0 Å². The summed E-state index contributed by atoms with van der Waals surface area (Å²) in [6.07, 6.45) is -1.69. The molecule has 2 unspecified atom stereocenters. The first kappa shape index (κ1) is 29.1. The SMILES string of the molecule is CCOP(=O)(O)CC(NC(=O)c1cc(-c2ccccc2)cc(-c2ccccc2)n1)C(=O)OC(=O)N1CCNCC1. The summed E-state index contributed by atoms with van der Waals surface area (Å²) in [5.74, 6) is -1.96. The number of benzene rings is 2. The minimum absolute atomic E-state index is 0.0318. The van der Waals surface area contributed by atoms with Crippen LogP contribution in [-0.2, 0) is 18.6 Å². The molecule has 0 bridgehead atoms. The normalized spacial score (nSPS) is 15.5. The fourth-order valence-corrected chi connectivity index (χ4v) is 5.38. The average Bonchev–Trinajstić information content (AvgIpc) is 2.97. The standard InChI is InChI=1S/C28H31N4O7P/c1-2-38-40(36,37)19-25(27(34)39-28(35)32-15-13-29-14-16-32)31-26(33)24-18-22(20-9-5-3-6-10-20)17-23(30-24)21-11-7-4-8-12-21/h3-12,17-18,25,29H,2,13-16,19H2,1H3,(H,31,33)(H,36,37). The summed E-state index contributed by atoms with van der Waals surface area (Å²) in [7, 11) is -4.31. The number of carbonyl (C=O) groups is 3. The third-order valence-electron chi connectivity index (χ3n) is 6.13. The lowest BCUT2D eigenvalue weighted by atomic mass is 10.0. The Morgan fingerprint density at radius 3 is 2.25 bits per heavy atom. The predicted molar refractivity (Wildman–Crippen MR) is 149 cm³/mol. The number of ether oxygens (including phenoxy) is 1. The van der Waals surface area contributed by atoms with E-state index in [0.29, 0.717) is 37.4 Å². The Kier molecular flexibility index (Phi) is 9.79. The maximum absolute atomic E-state index is 13.5. The second-order valence-electron chi connectivity index (χ2n) is 9.05. The van der Waals surface area contributed by atoms with Crippen LogP contribution < -0.4 is 10.6 Å². The van der Waals surface area contributed by atoms with Crippen molar-refractivity contribution in [1.82, 2.24) is 20.5 Å². The lowest BCUT2D eigenvalue weighted by molar-refractivity contribution is -0.140. The van der Waals surface area contributed by atoms with E-state index in [1.54, 1.807) is 6.07 Å². The Hall–Kier alpha value is -3.89. The topological polar surface area (TPSA) is 147 Å². The van der Waals surface area contributed by atoms with Gasteiger partial charge in [-0.05, 0) is 30.2 Å². The average molecular weight is 567 g/mol. The molecule has 0 saturated carbocycles. The molecule has 2 aromatic carbocycles. The van der Waals surface area contributed by atoms with Gasteiger partial charge in [0.25, 0.3) is 5.91 Å². The molecule has 1 saturated heterocycles. The largest absolute Gasteiger partial charge is 0.417 e. The number of hydrogen-bond acceptors (Lipinski definition) is 8. The number of pyridine rings is 1. The summed E-state index contributed by atoms with van der Waals surface area (Å²) in [4.78, 5) is 55.1. The highest BCUT2D eigenvalue weighted by molar-refractivity contribution is 7.52. The van der Waals surface area contributed by atoms with Crippen molar-refractivity contribution < 1.29 is 33.1 Å². The van der Waals surface area contributed by atoms with Gasteiger partial charge in [0, 0.05) is 31.7 Å². The molecular weight excluding hydrogens is 535 g/mol. The van der Waals surface area contributed by atoms with E-state index >= 15 is 0 Å². The Morgan fingerprint density at radius 2 is 1.62 bits per heavy atom. The van der Waals surface area contributed by atoms with Gasteiger partial charge in [0.1, 0.15) is 11.7 Å². The number of esters is 1. The summed E-state index contributed by atoms with van der Waals surface area (Å²) >= 11 is 0. The summed E-state index contributed by atoms with van der Waals surface area (Å²) < 4.78 is 22.5. The van der Waals surface area contributed by atoms with Gasteiger partial charge in [-0.1, -0.05) is 60.7 Å². The molecule has 0 aliphatic carbocycles. The number of nitrogens with one attached hydrogen (secondary N) is 2. The summed E-state index contributed by atoms with van der Waals surface area (Å²) in [6, 6.07) is 20.4. The highest BCUT2D eigenvalue weighted by atomic mass is 31.2. The summed E-state index contributed by atoms with van der Waals surface area (Å²) in [5.41, 5.74) is 2.79. The first-order valence-corrected chi connectivity index (χ1v) is 14.6. The molecule has 1 aliphatic heterocycles. The van der Waals surface area contributed by atoms with Crippen LogP contribution in [0.5, 0.6) is 0 Å². The van der Waals surface area contributed by atoms with E-state index in [0.717, 1.165) is 11.1 Å². The van der Waals surface area contributed by atoms with Crippen LogP contribution in [0.25, 0.3) is 22.4 Å². The highest BCUT2D eigenvalue weighted by Gasteiger charge is 2.35. The molecule has 3 aromatic rings. The van der Waals surface area contributed by atoms with Crippen molar-refractivity contribution in [1.29, 1.82) is 0 Å². The first-order valence-electron chi connectivity index (χ1n) is 12.9. The zero-order valence-corrected chi connectivity index (χ0v) is 22.9. The van der Waals surface area contributed by atoms with Crippen LogP contribution in [0.1, 0.15) is 17.4 Å². The van der Waals surface area contributed by atoms with E-state index in [9.17, 15) is 23.8 Å². The van der Waals surface area contributed by atoms with Crippen molar-refractivity contribution in [3.63, 3.8) is 0 Å². The number of nitrogens with zero attached hydrogens (tertiary/aromatic N) is 2. The monoisotopic (exact) mass is 566 g/mol. The summed E-state index contributed by atoms with van der Waals surface area (Å²) in [5, 5.41) is 5.52. The Labute approximate surface area is 232 Å². The van der Waals surface area contributed by atoms with Crippen molar-refractivity contribution in [2.45, 2.75) is 13.0 Å². The molecule has 12 heteroatoms. The first-order chi connectivity index (χ1) is 19.3. The Bertz CT molecular complexity index is 1320. The highest BCUT2D eigenvalue weighted by Crippen LogP contribution is 2.42. The van der Waals surface area contributed by atoms with E-state index < -0.39 is 37.8 Å². The van der Waals surface area contributed by atoms with Crippen molar-refractivity contribution in [2.24, 2.45) is 0 Å². The lowest BCUT2D eigenvalue weighted by Crippen LogP contribution is -2.50. The van der Waals surface area contributed by atoms with Gasteiger partial charge in [0.15, 0.2) is 0 Å². The number of hydrogen-bond donors (Lipinski definition) is 3.